The number of halogens is 3. The summed E-state index contributed by atoms with van der Waals surface area (Å²) in [6, 6.07) is 3.97. The molecule has 20 heavy (non-hydrogen) atoms. The van der Waals surface area contributed by atoms with Crippen molar-refractivity contribution in [2.45, 2.75) is 26.9 Å². The van der Waals surface area contributed by atoms with Crippen molar-refractivity contribution < 1.29 is 22.8 Å². The summed E-state index contributed by atoms with van der Waals surface area (Å²) in [4.78, 5) is 23.4. The summed E-state index contributed by atoms with van der Waals surface area (Å²) < 4.78 is 37.1. The number of rotatable bonds is 3. The van der Waals surface area contributed by atoms with Crippen LogP contribution >= 0.6 is 11.8 Å². The molecule has 0 atom stereocenters. The molecule has 0 aliphatic rings. The topological polar surface area (TPSA) is 34.1 Å². The first kappa shape index (κ1) is 16.8. The van der Waals surface area contributed by atoms with Gasteiger partial charge in [-0.1, -0.05) is 32.5 Å². The molecular formula is C14H15F3O2S. The van der Waals surface area contributed by atoms with Gasteiger partial charge in [-0.2, -0.15) is 13.2 Å². The summed E-state index contributed by atoms with van der Waals surface area (Å²) in [5.74, 6) is -0.0636. The Balaban J connectivity index is 2.68. The zero-order chi connectivity index (χ0) is 15.6. The maximum atomic E-state index is 12.4. The summed E-state index contributed by atoms with van der Waals surface area (Å²) in [6.45, 7) is 5.25. The van der Waals surface area contributed by atoms with Gasteiger partial charge >= 0.3 is 6.18 Å². The molecule has 0 radical (unpaired) electrons. The summed E-state index contributed by atoms with van der Waals surface area (Å²) in [7, 11) is 0. The van der Waals surface area contributed by atoms with E-state index >= 15 is 0 Å². The van der Waals surface area contributed by atoms with Crippen LogP contribution in [0.4, 0.5) is 13.2 Å². The van der Waals surface area contributed by atoms with Crippen molar-refractivity contribution in [1.82, 2.24) is 0 Å². The first-order chi connectivity index (χ1) is 9.01. The highest BCUT2D eigenvalue weighted by atomic mass is 32.2. The SMILES string of the molecule is CC(C)(C)C(=O)CSC(=O)c1ccc(C(F)(F)F)cc1. The van der Waals surface area contributed by atoms with Crippen molar-refractivity contribution in [3.05, 3.63) is 35.4 Å². The summed E-state index contributed by atoms with van der Waals surface area (Å²) in [5.41, 5.74) is -1.18. The third-order valence-electron chi connectivity index (χ3n) is 2.62. The quantitative estimate of drug-likeness (QED) is 0.839. The Morgan fingerprint density at radius 2 is 1.55 bits per heavy atom. The second-order valence-corrected chi connectivity index (χ2v) is 6.27. The van der Waals surface area contributed by atoms with Gasteiger partial charge in [0, 0.05) is 11.0 Å². The van der Waals surface area contributed by atoms with E-state index in [9.17, 15) is 22.8 Å². The maximum absolute atomic E-state index is 12.4. The first-order valence-electron chi connectivity index (χ1n) is 5.89. The number of carbonyl (C=O) groups is 2. The highest BCUT2D eigenvalue weighted by Crippen LogP contribution is 2.29. The fourth-order valence-corrected chi connectivity index (χ4v) is 2.22. The molecule has 6 heteroatoms. The monoisotopic (exact) mass is 304 g/mol. The van der Waals surface area contributed by atoms with Crippen LogP contribution in [0.25, 0.3) is 0 Å². The second kappa shape index (κ2) is 5.99. The van der Waals surface area contributed by atoms with Crippen molar-refractivity contribution in [3.63, 3.8) is 0 Å². The van der Waals surface area contributed by atoms with Crippen molar-refractivity contribution in [3.8, 4) is 0 Å². The molecule has 110 valence electrons. The molecule has 1 rings (SSSR count). The normalized spacial score (nSPS) is 12.3. The minimum Gasteiger partial charge on any atom is -0.298 e. The van der Waals surface area contributed by atoms with Gasteiger partial charge in [0.2, 0.25) is 5.12 Å². The lowest BCUT2D eigenvalue weighted by Crippen LogP contribution is -2.22. The van der Waals surface area contributed by atoms with Crippen LogP contribution in [0.15, 0.2) is 24.3 Å². The molecule has 0 fully saturated rings. The number of thioether (sulfide) groups is 1. The zero-order valence-corrected chi connectivity index (χ0v) is 12.2. The van der Waals surface area contributed by atoms with Crippen LogP contribution in [0.2, 0.25) is 0 Å². The number of Topliss-reactive ketones (excluding diaryl/α,β-unsaturated/α-hetero) is 1. The molecule has 0 saturated carbocycles. The molecule has 0 saturated heterocycles. The predicted molar refractivity (Wildman–Crippen MR) is 72.7 cm³/mol. The van der Waals surface area contributed by atoms with Crippen LogP contribution in [-0.2, 0) is 11.0 Å². The highest BCUT2D eigenvalue weighted by molar-refractivity contribution is 8.14. The van der Waals surface area contributed by atoms with E-state index in [1.165, 1.54) is 0 Å². The van der Waals surface area contributed by atoms with Crippen LogP contribution in [0, 0.1) is 5.41 Å². The van der Waals surface area contributed by atoms with Crippen molar-refractivity contribution in [1.29, 1.82) is 0 Å². The number of hydrogen-bond acceptors (Lipinski definition) is 3. The minimum absolute atomic E-state index is 0.0172. The van der Waals surface area contributed by atoms with Gasteiger partial charge in [0.25, 0.3) is 0 Å². The van der Waals surface area contributed by atoms with Gasteiger partial charge in [0.15, 0.2) is 0 Å². The highest BCUT2D eigenvalue weighted by Gasteiger charge is 2.30. The minimum atomic E-state index is -4.42. The summed E-state index contributed by atoms with van der Waals surface area (Å²) in [5, 5.41) is -0.406. The fraction of sp³-hybridized carbons (Fsp3) is 0.429. The molecule has 0 spiro atoms. The van der Waals surface area contributed by atoms with Gasteiger partial charge in [-0.15, -0.1) is 0 Å². The molecule has 1 aromatic rings. The van der Waals surface area contributed by atoms with Crippen LogP contribution in [0.3, 0.4) is 0 Å². The average molecular weight is 304 g/mol. The van der Waals surface area contributed by atoms with E-state index in [0.29, 0.717) is 0 Å². The molecule has 0 aromatic heterocycles. The lowest BCUT2D eigenvalue weighted by molar-refractivity contribution is -0.137. The van der Waals surface area contributed by atoms with Crippen LogP contribution in [-0.4, -0.2) is 16.7 Å². The molecule has 0 N–H and O–H groups in total. The molecule has 1 aromatic carbocycles. The van der Waals surface area contributed by atoms with E-state index in [0.717, 1.165) is 36.0 Å². The standard InChI is InChI=1S/C14H15F3O2S/c1-13(2,3)11(18)8-20-12(19)9-4-6-10(7-5-9)14(15,16)17/h4-7H,8H2,1-3H3. The Hall–Kier alpha value is -1.30. The van der Waals surface area contributed by atoms with Gasteiger partial charge in [-0.3, -0.25) is 9.59 Å². The molecule has 0 aliphatic carbocycles. The zero-order valence-electron chi connectivity index (χ0n) is 11.4. The van der Waals surface area contributed by atoms with Crippen LogP contribution in [0.1, 0.15) is 36.7 Å². The van der Waals surface area contributed by atoms with Crippen LogP contribution < -0.4 is 0 Å². The van der Waals surface area contributed by atoms with Crippen molar-refractivity contribution in [2.24, 2.45) is 5.41 Å². The molecule has 0 unspecified atom stereocenters. The average Bonchev–Trinajstić information content (AvgIpc) is 2.33. The molecule has 0 heterocycles. The Morgan fingerprint density at radius 1 is 1.05 bits per heavy atom. The van der Waals surface area contributed by atoms with E-state index in [1.807, 2.05) is 0 Å². The molecular weight excluding hydrogens is 289 g/mol. The number of alkyl halides is 3. The summed E-state index contributed by atoms with van der Waals surface area (Å²) in [6.07, 6.45) is -4.42. The second-order valence-electron chi connectivity index (χ2n) is 5.32. The van der Waals surface area contributed by atoms with Crippen molar-refractivity contribution in [2.75, 3.05) is 5.75 Å². The van der Waals surface area contributed by atoms with Gasteiger partial charge < -0.3 is 0 Å². The Kier molecular flexibility index (Phi) is 5.02. The number of ketones is 1. The largest absolute Gasteiger partial charge is 0.416 e. The molecule has 2 nitrogen and oxygen atoms in total. The predicted octanol–water partition coefficient (Wildman–Crippen LogP) is 4.19. The number of hydrogen-bond donors (Lipinski definition) is 0. The van der Waals surface area contributed by atoms with Gasteiger partial charge in [-0.25, -0.2) is 0 Å². The van der Waals surface area contributed by atoms with E-state index < -0.39 is 22.3 Å². The maximum Gasteiger partial charge on any atom is 0.416 e. The lowest BCUT2D eigenvalue weighted by Gasteiger charge is -2.15. The third-order valence-corrected chi connectivity index (χ3v) is 3.52. The molecule has 0 aliphatic heterocycles. The van der Waals surface area contributed by atoms with E-state index in [2.05, 4.69) is 0 Å². The Bertz CT molecular complexity index is 499. The van der Waals surface area contributed by atoms with Gasteiger partial charge in [-0.05, 0) is 24.3 Å². The smallest absolute Gasteiger partial charge is 0.298 e. The van der Waals surface area contributed by atoms with Crippen LogP contribution in [0.5, 0.6) is 0 Å². The molecule has 0 amide bonds. The fourth-order valence-electron chi connectivity index (χ4n) is 1.23. The van der Waals surface area contributed by atoms with E-state index in [1.54, 1.807) is 20.8 Å². The third kappa shape index (κ3) is 4.67. The summed E-state index contributed by atoms with van der Waals surface area (Å²) >= 11 is 0.808. The van der Waals surface area contributed by atoms with Gasteiger partial charge in [0.1, 0.15) is 5.78 Å². The Morgan fingerprint density at radius 3 is 1.95 bits per heavy atom. The number of carbonyl (C=O) groups excluding carboxylic acids is 2. The van der Waals surface area contributed by atoms with E-state index in [4.69, 9.17) is 0 Å². The number of benzene rings is 1. The van der Waals surface area contributed by atoms with E-state index in [-0.39, 0.29) is 17.1 Å². The first-order valence-corrected chi connectivity index (χ1v) is 6.88. The Labute approximate surface area is 119 Å². The molecule has 0 bridgehead atoms. The lowest BCUT2D eigenvalue weighted by atomic mass is 9.92. The van der Waals surface area contributed by atoms with Crippen molar-refractivity contribution >= 4 is 22.7 Å². The van der Waals surface area contributed by atoms with Gasteiger partial charge in [0.05, 0.1) is 11.3 Å².